The molecule has 0 radical (unpaired) electrons. The van der Waals surface area contributed by atoms with Crippen molar-refractivity contribution in [2.45, 2.75) is 39.0 Å². The van der Waals surface area contributed by atoms with Crippen molar-refractivity contribution in [2.24, 2.45) is 5.92 Å². The molecule has 6 rings (SSSR count). The molecular formula is C23H26BrN9O2. The molecule has 0 saturated carbocycles. The molecule has 12 heteroatoms. The lowest BCUT2D eigenvalue weighted by atomic mass is 9.93. The number of fused-ring (bicyclic) bond motifs is 3. The van der Waals surface area contributed by atoms with Crippen molar-refractivity contribution in [3.63, 3.8) is 0 Å². The number of aromatic amines is 1. The highest BCUT2D eigenvalue weighted by Gasteiger charge is 2.49. The van der Waals surface area contributed by atoms with Gasteiger partial charge in [0.25, 0.3) is 0 Å². The highest BCUT2D eigenvalue weighted by molar-refractivity contribution is 9.10. The van der Waals surface area contributed by atoms with E-state index in [-0.39, 0.29) is 12.1 Å². The normalized spacial score (nSPS) is 19.8. The fourth-order valence-corrected chi connectivity index (χ4v) is 5.03. The Kier molecular flexibility index (Phi) is 5.09. The largest absolute Gasteiger partial charge is 0.444 e. The Balaban J connectivity index is 1.23. The Morgan fingerprint density at radius 2 is 2.03 bits per heavy atom. The molecule has 3 aromatic heterocycles. The number of para-hydroxylation sites is 2. The smallest absolute Gasteiger partial charge is 0.410 e. The van der Waals surface area contributed by atoms with E-state index in [0.29, 0.717) is 43.1 Å². The molecule has 35 heavy (non-hydrogen) atoms. The van der Waals surface area contributed by atoms with Crippen LogP contribution in [0.1, 0.15) is 26.6 Å². The van der Waals surface area contributed by atoms with Crippen molar-refractivity contribution in [1.82, 2.24) is 34.4 Å². The fraction of sp³-hybridized carbons (Fsp3) is 0.435. The summed E-state index contributed by atoms with van der Waals surface area (Å²) in [6.45, 7) is 8.24. The van der Waals surface area contributed by atoms with Gasteiger partial charge in [-0.2, -0.15) is 19.6 Å². The van der Waals surface area contributed by atoms with Gasteiger partial charge in [0.15, 0.2) is 5.65 Å². The molecule has 2 saturated heterocycles. The molecule has 1 aromatic carbocycles. The lowest BCUT2D eigenvalue weighted by molar-refractivity contribution is -0.0163. The van der Waals surface area contributed by atoms with Crippen molar-refractivity contribution in [1.29, 1.82) is 0 Å². The monoisotopic (exact) mass is 539 g/mol. The molecule has 0 aliphatic carbocycles. The maximum absolute atomic E-state index is 12.6. The van der Waals surface area contributed by atoms with E-state index in [4.69, 9.17) is 14.7 Å². The number of likely N-dealkylation sites (tertiary alicyclic amines) is 1. The number of hydrogen-bond donors (Lipinski definition) is 2. The third kappa shape index (κ3) is 4.05. The van der Waals surface area contributed by atoms with Gasteiger partial charge < -0.3 is 24.8 Å². The number of amides is 1. The molecule has 0 unspecified atom stereocenters. The minimum absolute atomic E-state index is 0.102. The van der Waals surface area contributed by atoms with Crippen LogP contribution in [0.5, 0.6) is 0 Å². The summed E-state index contributed by atoms with van der Waals surface area (Å²) in [5.74, 6) is 2.35. The summed E-state index contributed by atoms with van der Waals surface area (Å²) in [5, 5.41) is 7.77. The van der Waals surface area contributed by atoms with E-state index < -0.39 is 5.60 Å². The van der Waals surface area contributed by atoms with Gasteiger partial charge in [-0.1, -0.05) is 12.1 Å². The zero-order valence-electron chi connectivity index (χ0n) is 19.7. The Hall–Kier alpha value is -3.41. The first-order chi connectivity index (χ1) is 16.7. The number of aromatic nitrogens is 6. The number of halogens is 1. The summed E-state index contributed by atoms with van der Waals surface area (Å²) < 4.78 is 8.03. The van der Waals surface area contributed by atoms with Crippen molar-refractivity contribution >= 4 is 50.6 Å². The van der Waals surface area contributed by atoms with Gasteiger partial charge in [-0.15, -0.1) is 0 Å². The number of nitrogens with one attached hydrogen (secondary N) is 2. The first-order valence-corrected chi connectivity index (χ1v) is 12.4. The van der Waals surface area contributed by atoms with Crippen LogP contribution < -0.4 is 10.2 Å². The summed E-state index contributed by atoms with van der Waals surface area (Å²) in [7, 11) is 0. The second-order valence-corrected chi connectivity index (χ2v) is 10.8. The third-order valence-electron chi connectivity index (χ3n) is 6.31. The number of nitrogens with zero attached hydrogens (tertiary/aromatic N) is 7. The second-order valence-electron chi connectivity index (χ2n) is 9.99. The lowest BCUT2D eigenvalue weighted by Gasteiger charge is -2.43. The predicted molar refractivity (Wildman–Crippen MR) is 134 cm³/mol. The Labute approximate surface area is 210 Å². The first-order valence-electron chi connectivity index (χ1n) is 11.6. The van der Waals surface area contributed by atoms with Gasteiger partial charge in [0.1, 0.15) is 11.4 Å². The quantitative estimate of drug-likeness (QED) is 0.405. The predicted octanol–water partition coefficient (Wildman–Crippen LogP) is 3.43. The Morgan fingerprint density at radius 3 is 2.83 bits per heavy atom. The van der Waals surface area contributed by atoms with E-state index in [9.17, 15) is 4.79 Å². The Morgan fingerprint density at radius 1 is 1.20 bits per heavy atom. The van der Waals surface area contributed by atoms with E-state index in [1.54, 1.807) is 10.7 Å². The van der Waals surface area contributed by atoms with Gasteiger partial charge in [0, 0.05) is 25.6 Å². The second kappa shape index (κ2) is 8.08. The maximum Gasteiger partial charge on any atom is 0.410 e. The highest BCUT2D eigenvalue weighted by atomic mass is 79.9. The molecule has 2 N–H and O–H groups in total. The number of imidazole rings is 1. The Bertz CT molecular complexity index is 1390. The van der Waals surface area contributed by atoms with E-state index >= 15 is 0 Å². The first kappa shape index (κ1) is 22.1. The van der Waals surface area contributed by atoms with Crippen molar-refractivity contribution in [3.8, 4) is 0 Å². The average molecular weight is 540 g/mol. The van der Waals surface area contributed by atoms with E-state index in [1.807, 2.05) is 49.9 Å². The highest BCUT2D eigenvalue weighted by Crippen LogP contribution is 2.35. The number of anilines is 2. The summed E-state index contributed by atoms with van der Waals surface area (Å²) in [4.78, 5) is 34.0. The van der Waals surface area contributed by atoms with Crippen LogP contribution in [-0.2, 0) is 11.3 Å². The molecule has 182 valence electrons. The molecule has 11 nitrogen and oxygen atoms in total. The van der Waals surface area contributed by atoms with E-state index in [1.165, 1.54) is 0 Å². The number of H-pyrrole nitrogens is 1. The molecular weight excluding hydrogens is 514 g/mol. The number of carbonyl (C=O) groups excluding carboxylic acids is 1. The van der Waals surface area contributed by atoms with Gasteiger partial charge >= 0.3 is 6.09 Å². The van der Waals surface area contributed by atoms with Crippen LogP contribution in [0.15, 0.2) is 34.9 Å². The zero-order chi connectivity index (χ0) is 24.3. The lowest BCUT2D eigenvalue weighted by Crippen LogP contribution is -2.59. The van der Waals surface area contributed by atoms with Crippen LogP contribution in [0.2, 0.25) is 0 Å². The minimum atomic E-state index is -0.511. The van der Waals surface area contributed by atoms with Crippen molar-refractivity contribution < 1.29 is 9.53 Å². The molecule has 1 amide bonds. The van der Waals surface area contributed by atoms with Crippen molar-refractivity contribution in [2.75, 3.05) is 29.9 Å². The molecule has 2 aliphatic heterocycles. The van der Waals surface area contributed by atoms with E-state index in [2.05, 4.69) is 41.2 Å². The summed E-state index contributed by atoms with van der Waals surface area (Å²) in [6.07, 6.45) is 1.45. The number of hydrogen-bond acceptors (Lipinski definition) is 8. The fourth-order valence-electron chi connectivity index (χ4n) is 4.68. The van der Waals surface area contributed by atoms with Gasteiger partial charge in [0.2, 0.25) is 11.9 Å². The van der Waals surface area contributed by atoms with Crippen LogP contribution >= 0.6 is 15.9 Å². The number of benzene rings is 1. The third-order valence-corrected chi connectivity index (χ3v) is 6.87. The van der Waals surface area contributed by atoms with Gasteiger partial charge in [-0.05, 0) is 48.8 Å². The molecule has 0 bridgehead atoms. The molecule has 0 spiro atoms. The van der Waals surface area contributed by atoms with Gasteiger partial charge in [0.05, 0.1) is 34.3 Å². The summed E-state index contributed by atoms with van der Waals surface area (Å²) in [6, 6.07) is 8.02. The van der Waals surface area contributed by atoms with Crippen LogP contribution in [0.4, 0.5) is 16.7 Å². The molecule has 2 fully saturated rings. The summed E-state index contributed by atoms with van der Waals surface area (Å²) >= 11 is 3.55. The molecule has 5 heterocycles. The minimum Gasteiger partial charge on any atom is -0.444 e. The topological polar surface area (TPSA) is 117 Å². The van der Waals surface area contributed by atoms with Crippen LogP contribution in [-0.4, -0.2) is 71.8 Å². The van der Waals surface area contributed by atoms with Crippen molar-refractivity contribution in [3.05, 3.63) is 40.8 Å². The molecule has 2 aliphatic rings. The van der Waals surface area contributed by atoms with Crippen LogP contribution in [0.3, 0.4) is 0 Å². The molecule has 4 aromatic rings. The zero-order valence-corrected chi connectivity index (χ0v) is 21.3. The number of carbonyl (C=O) groups is 1. The SMILES string of the molecule is CC(C)(C)OC(=O)N1C[C@H]2CN(c3nc(NCc4nc5ccccc5[nH]4)n4ncc(Br)c4n3)C[C@H]21. The van der Waals surface area contributed by atoms with Gasteiger partial charge in [-0.25, -0.2) is 9.78 Å². The maximum atomic E-state index is 12.6. The molecule has 2 atom stereocenters. The van der Waals surface area contributed by atoms with Gasteiger partial charge in [-0.3, -0.25) is 0 Å². The van der Waals surface area contributed by atoms with E-state index in [0.717, 1.165) is 27.9 Å². The van der Waals surface area contributed by atoms with Crippen LogP contribution in [0.25, 0.3) is 16.7 Å². The number of rotatable bonds is 4. The average Bonchev–Trinajstić information content (AvgIpc) is 3.47. The summed E-state index contributed by atoms with van der Waals surface area (Å²) in [5.41, 5.74) is 2.07. The van der Waals surface area contributed by atoms with Crippen LogP contribution in [0, 0.1) is 5.92 Å². The standard InChI is InChI=1S/C23H26BrN9O2/c1-23(2,3)35-22(34)32-11-13-10-31(12-17(13)32)21-29-19-14(24)8-26-33(19)20(30-21)25-9-18-27-15-6-4-5-7-16(15)28-18/h4-8,13,17H,9-12H2,1-3H3,(H,27,28)(H,25,29,30)/t13-,17-/m1/s1. The number of ether oxygens (including phenoxy) is 1.